The Morgan fingerprint density at radius 2 is 0.508 bits per heavy atom. The van der Waals surface area contributed by atoms with Gasteiger partial charge in [0.15, 0.2) is 76.9 Å². The van der Waals surface area contributed by atoms with Crippen LogP contribution in [0.2, 0.25) is 0 Å². The molecule has 0 aromatic heterocycles. The van der Waals surface area contributed by atoms with Crippen LogP contribution in [0.5, 0.6) is 0 Å². The second-order valence-electron chi connectivity index (χ2n) is 11.9. The summed E-state index contributed by atoms with van der Waals surface area (Å²) in [5, 5.41) is 0. The first-order chi connectivity index (χ1) is 27.6. The minimum atomic E-state index is -7.22. The van der Waals surface area contributed by atoms with Crippen LogP contribution in [-0.2, 0) is 0 Å². The van der Waals surface area contributed by atoms with Crippen LogP contribution >= 0.6 is 0 Å². The fourth-order valence-corrected chi connectivity index (χ4v) is 8.56. The third-order valence-corrected chi connectivity index (χ3v) is 11.9. The fraction of sp³-hybridized carbons (Fsp3) is 0.0270. The molecule has 0 unspecified atom stereocenters. The van der Waals surface area contributed by atoms with Crippen LogP contribution in [0.3, 0.4) is 0 Å². The van der Waals surface area contributed by atoms with E-state index >= 15 is 35.1 Å². The molecular weight excluding hydrogens is 962 g/mol. The van der Waals surface area contributed by atoms with Gasteiger partial charge in [-0.3, -0.25) is 0 Å². The molecule has 0 aliphatic rings. The smallest absolute Gasteiger partial charge is 0.207 e. The van der Waals surface area contributed by atoms with Crippen molar-refractivity contribution in [2.75, 3.05) is 0 Å². The van der Waals surface area contributed by atoms with Crippen molar-refractivity contribution in [3.63, 3.8) is 0 Å². The monoisotopic (exact) mass is 974 g/mol. The van der Waals surface area contributed by atoms with E-state index in [1.54, 1.807) is 0 Å². The molecule has 0 spiro atoms. The molecule has 0 bridgehead atoms. The van der Waals surface area contributed by atoms with E-state index in [-0.39, 0.29) is 21.2 Å². The predicted octanol–water partition coefficient (Wildman–Crippen LogP) is 5.97. The second-order valence-corrected chi connectivity index (χ2v) is 14.9. The lowest BCUT2D eigenvalue weighted by atomic mass is 9.12. The molecule has 0 heterocycles. The second kappa shape index (κ2) is 16.8. The molecule has 59 heavy (non-hydrogen) atoms. The Morgan fingerprint density at radius 1 is 0.288 bits per heavy atom. The highest BCUT2D eigenvalue weighted by molar-refractivity contribution is 7.20. The Morgan fingerprint density at radius 3 is 0.763 bits per heavy atom. The first-order valence-electron chi connectivity index (χ1n) is 15.6. The fourth-order valence-electron chi connectivity index (χ4n) is 6.13. The first kappa shape index (κ1) is 44.8. The average Bonchev–Trinajstić information content (AvgIpc) is 3.22. The minimum Gasteiger partial charge on any atom is -0.207 e. The van der Waals surface area contributed by atoms with Gasteiger partial charge in [0.1, 0.15) is 52.7 Å². The lowest BCUT2D eigenvalue weighted by Gasteiger charge is -2.44. The van der Waals surface area contributed by atoms with Gasteiger partial charge in [-0.1, -0.05) is 36.4 Å². The normalized spacial score (nSPS) is 11.5. The van der Waals surface area contributed by atoms with Gasteiger partial charge in [-0.25, -0.2) is 87.8 Å². The van der Waals surface area contributed by atoms with E-state index in [0.717, 1.165) is 0 Å². The summed E-state index contributed by atoms with van der Waals surface area (Å²) < 4.78 is 297. The van der Waals surface area contributed by atoms with Crippen LogP contribution in [0.1, 0.15) is 5.56 Å². The SMILES string of the molecule is Cc1ccccc1[I+]c1ccccc1.Fc1c(F)c(F)c([B-](c2c(F)c(F)c(F)c(F)c2F)(c2c(F)c(F)c(F)c(F)c2F)c2c(F)c(F)c(F)c(F)c2F)c(F)c1F. The lowest BCUT2D eigenvalue weighted by Crippen LogP contribution is -3.61. The van der Waals surface area contributed by atoms with Gasteiger partial charge < -0.3 is 0 Å². The largest absolute Gasteiger partial charge is 0.358 e. The summed E-state index contributed by atoms with van der Waals surface area (Å²) in [6.45, 7) is 2.19. The number of hydrogen-bond acceptors (Lipinski definition) is 0. The van der Waals surface area contributed by atoms with E-state index in [1.165, 1.54) is 12.7 Å². The molecule has 6 rings (SSSR count). The van der Waals surface area contributed by atoms with Gasteiger partial charge in [0.05, 0.1) is 0 Å². The van der Waals surface area contributed by atoms with Gasteiger partial charge in [-0.05, 0) is 25.1 Å². The maximum absolute atomic E-state index is 15.4. The standard InChI is InChI=1S/C24BF20.C13H12I/c26-5-1(6(27)14(35)21(42)13(5)34)25(2-7(28)15(36)22(43)16(37)8(2)29,3-9(30)17(38)23(44)18(39)10(3)31)4-11(32)19(40)24(45)20(41)12(4)33;1-11-7-5-6-10-13(11)14-12-8-3-2-4-9-12/h;2-10H,1H3/q-1;+1. The highest BCUT2D eigenvalue weighted by Gasteiger charge is 2.52. The Hall–Kier alpha value is -5.29. The molecule has 0 saturated heterocycles. The van der Waals surface area contributed by atoms with Crippen LogP contribution in [0.4, 0.5) is 87.8 Å². The van der Waals surface area contributed by atoms with Crippen LogP contribution in [0.25, 0.3) is 0 Å². The third kappa shape index (κ3) is 7.15. The van der Waals surface area contributed by atoms with E-state index in [9.17, 15) is 52.7 Å². The number of aryl methyl sites for hydroxylation is 1. The number of benzene rings is 6. The summed E-state index contributed by atoms with van der Waals surface area (Å²) in [5.41, 5.74) is -12.9. The van der Waals surface area contributed by atoms with Crippen LogP contribution in [0, 0.1) is 130 Å². The van der Waals surface area contributed by atoms with Crippen molar-refractivity contribution >= 4 is 28.0 Å². The molecular formula is C37H12BF20I. The van der Waals surface area contributed by atoms with Gasteiger partial charge in [0, 0.05) is 5.56 Å². The van der Waals surface area contributed by atoms with Crippen LogP contribution in [0.15, 0.2) is 54.6 Å². The first-order valence-corrected chi connectivity index (χ1v) is 17.7. The maximum atomic E-state index is 15.4. The van der Waals surface area contributed by atoms with E-state index in [4.69, 9.17) is 0 Å². The average molecular weight is 974 g/mol. The van der Waals surface area contributed by atoms with Crippen molar-refractivity contribution in [2.24, 2.45) is 0 Å². The summed E-state index contributed by atoms with van der Waals surface area (Å²) in [6, 6.07) is 19.4. The quantitative estimate of drug-likeness (QED) is 0.0636. The van der Waals surface area contributed by atoms with Gasteiger partial charge in [-0.15, -0.1) is 21.9 Å². The summed E-state index contributed by atoms with van der Waals surface area (Å²) in [4.78, 5) is 0. The Bertz CT molecular complexity index is 2270. The maximum Gasteiger partial charge on any atom is 0.358 e. The van der Waals surface area contributed by atoms with Crippen molar-refractivity contribution in [1.29, 1.82) is 0 Å². The van der Waals surface area contributed by atoms with E-state index < -0.39 is 144 Å². The van der Waals surface area contributed by atoms with Crippen LogP contribution < -0.4 is 43.1 Å². The summed E-state index contributed by atoms with van der Waals surface area (Å²) in [5.74, 6) is -71.4. The summed E-state index contributed by atoms with van der Waals surface area (Å²) in [6.07, 6.45) is -7.22. The predicted molar refractivity (Wildman–Crippen MR) is 164 cm³/mol. The number of halogens is 21. The number of rotatable bonds is 6. The van der Waals surface area contributed by atoms with Crippen molar-refractivity contribution in [3.8, 4) is 0 Å². The minimum absolute atomic E-state index is 0.00698. The molecule has 0 aliphatic heterocycles. The molecule has 0 atom stereocenters. The van der Waals surface area contributed by atoms with Crippen LogP contribution in [-0.4, -0.2) is 6.15 Å². The van der Waals surface area contributed by atoms with Gasteiger partial charge in [-0.2, -0.15) is 0 Å². The third-order valence-electron chi connectivity index (χ3n) is 8.73. The highest BCUT2D eigenvalue weighted by Crippen LogP contribution is 2.30. The molecule has 0 saturated carbocycles. The molecule has 310 valence electrons. The topological polar surface area (TPSA) is 0 Å². The zero-order valence-electron chi connectivity index (χ0n) is 28.2. The van der Waals surface area contributed by atoms with Crippen molar-refractivity contribution < 1.29 is 109 Å². The lowest BCUT2D eigenvalue weighted by molar-refractivity contribution is -0.598. The molecule has 0 radical (unpaired) electrons. The van der Waals surface area contributed by atoms with Gasteiger partial charge in [0.2, 0.25) is 0 Å². The summed E-state index contributed by atoms with van der Waals surface area (Å²) in [7, 11) is 0. The van der Waals surface area contributed by atoms with Crippen molar-refractivity contribution in [2.45, 2.75) is 6.92 Å². The van der Waals surface area contributed by atoms with Gasteiger partial charge in [0.25, 0.3) is 0 Å². The highest BCUT2D eigenvalue weighted by atomic mass is 127. The Kier molecular flexibility index (Phi) is 12.7. The van der Waals surface area contributed by atoms with E-state index in [0.29, 0.717) is 0 Å². The van der Waals surface area contributed by atoms with Gasteiger partial charge >= 0.3 is 21.2 Å². The molecule has 6 aromatic rings. The molecule has 0 nitrogen and oxygen atoms in total. The molecule has 0 aliphatic carbocycles. The van der Waals surface area contributed by atoms with Crippen molar-refractivity contribution in [3.05, 3.63) is 184 Å². The molecule has 0 amide bonds. The molecule has 0 fully saturated rings. The van der Waals surface area contributed by atoms with E-state index in [2.05, 4.69) is 61.5 Å². The molecule has 0 N–H and O–H groups in total. The molecule has 6 aromatic carbocycles. The van der Waals surface area contributed by atoms with Crippen molar-refractivity contribution in [1.82, 2.24) is 0 Å². The van der Waals surface area contributed by atoms with E-state index in [1.807, 2.05) is 0 Å². The number of hydrogen-bond donors (Lipinski definition) is 0. The Balaban J connectivity index is 0.000000395. The molecule has 22 heteroatoms. The Labute approximate surface area is 326 Å². The zero-order chi connectivity index (χ0) is 44.2. The zero-order valence-corrected chi connectivity index (χ0v) is 30.4. The summed E-state index contributed by atoms with van der Waals surface area (Å²) >= 11 is 0.00698.